The topological polar surface area (TPSA) is 113 Å². The summed E-state index contributed by atoms with van der Waals surface area (Å²) in [6.45, 7) is 0.279. The summed E-state index contributed by atoms with van der Waals surface area (Å²) in [5.41, 5.74) is 0.840. The number of anilines is 1. The fraction of sp³-hybridized carbons (Fsp3) is 0.286. The van der Waals surface area contributed by atoms with Crippen LogP contribution >= 0.6 is 15.9 Å². The lowest BCUT2D eigenvalue weighted by molar-refractivity contribution is -0.137. The molecule has 0 saturated carbocycles. The fourth-order valence-corrected chi connectivity index (χ4v) is 4.66. The second kappa shape index (κ2) is 8.55. The van der Waals surface area contributed by atoms with E-state index < -0.39 is 15.9 Å². The molecule has 32 heavy (non-hydrogen) atoms. The minimum atomic E-state index is -3.32. The van der Waals surface area contributed by atoms with E-state index in [2.05, 4.69) is 21.2 Å². The van der Waals surface area contributed by atoms with E-state index in [0.29, 0.717) is 17.0 Å². The highest BCUT2D eigenvalue weighted by Crippen LogP contribution is 2.28. The van der Waals surface area contributed by atoms with Gasteiger partial charge in [0.05, 0.1) is 22.7 Å². The van der Waals surface area contributed by atoms with Crippen LogP contribution in [0.25, 0.3) is 0 Å². The second-order valence-electron chi connectivity index (χ2n) is 7.57. The Bertz CT molecular complexity index is 1200. The molecule has 1 atom stereocenters. The smallest absolute Gasteiger partial charge is 0.260 e. The average molecular weight is 522 g/mol. The van der Waals surface area contributed by atoms with Gasteiger partial charge in [-0.15, -0.1) is 0 Å². The molecule has 0 aromatic heterocycles. The van der Waals surface area contributed by atoms with E-state index in [0.717, 1.165) is 10.7 Å². The van der Waals surface area contributed by atoms with Crippen molar-refractivity contribution in [3.8, 4) is 5.75 Å². The van der Waals surface area contributed by atoms with Crippen LogP contribution in [-0.2, 0) is 19.4 Å². The van der Waals surface area contributed by atoms with Crippen molar-refractivity contribution in [2.75, 3.05) is 37.8 Å². The Labute approximate surface area is 193 Å². The Morgan fingerprint density at radius 2 is 1.88 bits per heavy atom. The third-order valence-corrected chi connectivity index (χ3v) is 7.00. The quantitative estimate of drug-likeness (QED) is 0.652. The number of hydrogen-bond acceptors (Lipinski definition) is 6. The van der Waals surface area contributed by atoms with E-state index in [1.54, 1.807) is 18.2 Å². The summed E-state index contributed by atoms with van der Waals surface area (Å²) in [4.78, 5) is 41.6. The Morgan fingerprint density at radius 1 is 1.16 bits per heavy atom. The van der Waals surface area contributed by atoms with Crippen molar-refractivity contribution in [1.82, 2.24) is 9.80 Å². The molecule has 2 aromatic carbocycles. The minimum Gasteiger partial charge on any atom is -0.484 e. The lowest BCUT2D eigenvalue weighted by Gasteiger charge is -2.39. The first-order valence-electron chi connectivity index (χ1n) is 9.75. The van der Waals surface area contributed by atoms with Gasteiger partial charge >= 0.3 is 0 Å². The largest absolute Gasteiger partial charge is 0.484 e. The van der Waals surface area contributed by atoms with E-state index in [4.69, 9.17) is 4.74 Å². The standard InChI is InChI=1S/C21H20BrN3O6S/c1-32(29,30)15-5-3-14(4-6-15)31-12-19(26)24-8-9-25-18(11-24)20(27)23-17-7-2-13(22)10-16(17)21(25)28/h2-7,10,18H,8-9,11-12H2,1H3,(H,23,27). The molecule has 168 valence electrons. The molecule has 0 spiro atoms. The molecule has 1 N–H and O–H groups in total. The van der Waals surface area contributed by atoms with Gasteiger partial charge < -0.3 is 19.9 Å². The van der Waals surface area contributed by atoms with Crippen molar-refractivity contribution in [2.24, 2.45) is 0 Å². The highest BCUT2D eigenvalue weighted by Gasteiger charge is 2.40. The molecule has 2 heterocycles. The number of carbonyl (C=O) groups is 3. The summed E-state index contributed by atoms with van der Waals surface area (Å²) in [5.74, 6) is -0.595. The molecule has 9 nitrogen and oxygen atoms in total. The number of carbonyl (C=O) groups excluding carboxylic acids is 3. The highest BCUT2D eigenvalue weighted by molar-refractivity contribution is 9.10. The van der Waals surface area contributed by atoms with Crippen molar-refractivity contribution in [3.05, 3.63) is 52.5 Å². The molecule has 3 amide bonds. The summed E-state index contributed by atoms with van der Waals surface area (Å²) < 4.78 is 29.3. The SMILES string of the molecule is CS(=O)(=O)c1ccc(OCC(=O)N2CCN3C(=O)c4cc(Br)ccc4NC(=O)C3C2)cc1. The number of ether oxygens (including phenoxy) is 1. The van der Waals surface area contributed by atoms with Crippen molar-refractivity contribution in [3.63, 3.8) is 0 Å². The molecule has 4 rings (SSSR count). The summed E-state index contributed by atoms with van der Waals surface area (Å²) in [5, 5.41) is 2.77. The van der Waals surface area contributed by atoms with Crippen molar-refractivity contribution in [1.29, 1.82) is 0 Å². The average Bonchev–Trinajstić information content (AvgIpc) is 2.86. The van der Waals surface area contributed by atoms with Gasteiger partial charge in [-0.3, -0.25) is 14.4 Å². The van der Waals surface area contributed by atoms with Gasteiger partial charge in [0.2, 0.25) is 5.91 Å². The predicted molar refractivity (Wildman–Crippen MR) is 119 cm³/mol. The van der Waals surface area contributed by atoms with Crippen LogP contribution < -0.4 is 10.1 Å². The molecule has 1 saturated heterocycles. The number of sulfone groups is 1. The number of nitrogens with zero attached hydrogens (tertiary/aromatic N) is 2. The maximum absolute atomic E-state index is 13.0. The number of rotatable bonds is 4. The second-order valence-corrected chi connectivity index (χ2v) is 10.5. The van der Waals surface area contributed by atoms with Crippen LogP contribution in [0.5, 0.6) is 5.75 Å². The van der Waals surface area contributed by atoms with Crippen LogP contribution in [0.15, 0.2) is 51.8 Å². The molecule has 0 bridgehead atoms. The summed E-state index contributed by atoms with van der Waals surface area (Å²) >= 11 is 3.35. The fourth-order valence-electron chi connectivity index (χ4n) is 3.67. The van der Waals surface area contributed by atoms with Crippen molar-refractivity contribution < 1.29 is 27.5 Å². The summed E-state index contributed by atoms with van der Waals surface area (Å²) in [6.07, 6.45) is 1.11. The predicted octanol–water partition coefficient (Wildman–Crippen LogP) is 1.54. The number of fused-ring (bicyclic) bond motifs is 2. The summed E-state index contributed by atoms with van der Waals surface area (Å²) in [7, 11) is -3.32. The molecule has 0 aliphatic carbocycles. The van der Waals surface area contributed by atoms with Crippen LogP contribution in [0, 0.1) is 0 Å². The number of nitrogens with one attached hydrogen (secondary N) is 1. The summed E-state index contributed by atoms with van der Waals surface area (Å²) in [6, 6.07) is 10.0. The Hall–Kier alpha value is -2.92. The van der Waals surface area contributed by atoms with Crippen LogP contribution in [-0.4, -0.2) is 74.5 Å². The van der Waals surface area contributed by atoms with Gasteiger partial charge in [0.1, 0.15) is 11.8 Å². The minimum absolute atomic E-state index is 0.0575. The monoisotopic (exact) mass is 521 g/mol. The first-order valence-corrected chi connectivity index (χ1v) is 12.4. The molecule has 2 aromatic rings. The maximum Gasteiger partial charge on any atom is 0.260 e. The molecule has 1 fully saturated rings. The van der Waals surface area contributed by atoms with E-state index in [-0.39, 0.29) is 48.9 Å². The lowest BCUT2D eigenvalue weighted by Crippen LogP contribution is -2.60. The first kappa shape index (κ1) is 22.3. The van der Waals surface area contributed by atoms with E-state index in [1.165, 1.54) is 34.1 Å². The number of amides is 3. The number of halogens is 1. The van der Waals surface area contributed by atoms with Crippen LogP contribution in [0.3, 0.4) is 0 Å². The van der Waals surface area contributed by atoms with E-state index in [9.17, 15) is 22.8 Å². The highest BCUT2D eigenvalue weighted by atomic mass is 79.9. The van der Waals surface area contributed by atoms with Gasteiger partial charge in [0, 0.05) is 23.8 Å². The molecule has 11 heteroatoms. The normalized spacial score (nSPS) is 18.4. The Morgan fingerprint density at radius 3 is 2.56 bits per heavy atom. The molecule has 0 radical (unpaired) electrons. The van der Waals surface area contributed by atoms with Crippen LogP contribution in [0.2, 0.25) is 0 Å². The van der Waals surface area contributed by atoms with Crippen molar-refractivity contribution in [2.45, 2.75) is 10.9 Å². The molecular formula is C21H20BrN3O6S. The molecule has 1 unspecified atom stereocenters. The van der Waals surface area contributed by atoms with E-state index >= 15 is 0 Å². The van der Waals surface area contributed by atoms with Gasteiger partial charge in [-0.2, -0.15) is 0 Å². The zero-order valence-electron chi connectivity index (χ0n) is 17.1. The first-order chi connectivity index (χ1) is 15.1. The number of hydrogen-bond donors (Lipinski definition) is 1. The van der Waals surface area contributed by atoms with Gasteiger partial charge in [0.15, 0.2) is 16.4 Å². The molecular weight excluding hydrogens is 502 g/mol. The zero-order valence-corrected chi connectivity index (χ0v) is 19.5. The molecule has 2 aliphatic heterocycles. The van der Waals surface area contributed by atoms with Crippen molar-refractivity contribution >= 4 is 49.2 Å². The number of piperazine rings is 1. The lowest BCUT2D eigenvalue weighted by atomic mass is 10.1. The van der Waals surface area contributed by atoms with Crippen LogP contribution in [0.4, 0.5) is 5.69 Å². The van der Waals surface area contributed by atoms with Crippen LogP contribution in [0.1, 0.15) is 10.4 Å². The van der Waals surface area contributed by atoms with E-state index in [1.807, 2.05) is 0 Å². The Kier molecular flexibility index (Phi) is 5.95. The van der Waals surface area contributed by atoms with Gasteiger partial charge in [-0.25, -0.2) is 8.42 Å². The number of benzene rings is 2. The molecule has 2 aliphatic rings. The third kappa shape index (κ3) is 4.49. The van der Waals surface area contributed by atoms with Gasteiger partial charge in [-0.05, 0) is 42.5 Å². The van der Waals surface area contributed by atoms with Gasteiger partial charge in [-0.1, -0.05) is 15.9 Å². The van der Waals surface area contributed by atoms with Gasteiger partial charge in [0.25, 0.3) is 11.8 Å². The maximum atomic E-state index is 13.0. The zero-order chi connectivity index (χ0) is 23.0. The third-order valence-electron chi connectivity index (χ3n) is 5.38. The Balaban J connectivity index is 1.42.